The highest BCUT2D eigenvalue weighted by Gasteiger charge is 2.13. The maximum Gasteiger partial charge on any atom is 0.238 e. The summed E-state index contributed by atoms with van der Waals surface area (Å²) in [4.78, 5) is 21.1. The Morgan fingerprint density at radius 1 is 1.53 bits per heavy atom. The van der Waals surface area contributed by atoms with Crippen LogP contribution in [-0.2, 0) is 11.3 Å². The van der Waals surface area contributed by atoms with E-state index in [2.05, 4.69) is 15.3 Å². The molecule has 82 valence electrons. The third-order valence-electron chi connectivity index (χ3n) is 2.02. The molecule has 0 aromatic carbocycles. The zero-order valence-corrected chi connectivity index (χ0v) is 9.27. The first kappa shape index (κ1) is 11.6. The highest BCUT2D eigenvalue weighted by atomic mass is 16.2. The van der Waals surface area contributed by atoms with Gasteiger partial charge in [0.1, 0.15) is 0 Å². The zero-order chi connectivity index (χ0) is 11.3. The maximum atomic E-state index is 11.5. The second kappa shape index (κ2) is 5.41. The lowest BCUT2D eigenvalue weighted by Gasteiger charge is -2.17. The number of hydrogen-bond donors (Lipinski definition) is 1. The maximum absolute atomic E-state index is 11.5. The van der Waals surface area contributed by atoms with Crippen LogP contribution in [0.15, 0.2) is 18.6 Å². The molecular weight excluding hydrogens is 192 g/mol. The van der Waals surface area contributed by atoms with E-state index in [-0.39, 0.29) is 11.9 Å². The minimum atomic E-state index is -0.206. The van der Waals surface area contributed by atoms with Gasteiger partial charge in [-0.1, -0.05) is 0 Å². The van der Waals surface area contributed by atoms with Crippen molar-refractivity contribution in [1.82, 2.24) is 20.2 Å². The predicted octanol–water partition coefficient (Wildman–Crippen LogP) is 0.0429. The Labute approximate surface area is 89.5 Å². The van der Waals surface area contributed by atoms with Gasteiger partial charge in [0.05, 0.1) is 11.7 Å². The molecule has 0 saturated heterocycles. The monoisotopic (exact) mass is 208 g/mol. The molecule has 0 aliphatic heterocycles. The summed E-state index contributed by atoms with van der Waals surface area (Å²) >= 11 is 0. The number of likely N-dealkylation sites (N-methyl/N-ethyl adjacent to an activating group) is 1. The van der Waals surface area contributed by atoms with Gasteiger partial charge >= 0.3 is 0 Å². The minimum Gasteiger partial charge on any atom is -0.347 e. The van der Waals surface area contributed by atoms with Crippen molar-refractivity contribution in [2.24, 2.45) is 0 Å². The summed E-state index contributed by atoms with van der Waals surface area (Å²) < 4.78 is 0. The van der Waals surface area contributed by atoms with E-state index in [1.807, 2.05) is 6.92 Å². The van der Waals surface area contributed by atoms with Crippen LogP contribution < -0.4 is 5.32 Å². The zero-order valence-electron chi connectivity index (χ0n) is 9.27. The second-order valence-corrected chi connectivity index (χ2v) is 3.53. The normalized spacial score (nSPS) is 12.2. The van der Waals surface area contributed by atoms with Gasteiger partial charge in [0.15, 0.2) is 0 Å². The average molecular weight is 208 g/mol. The van der Waals surface area contributed by atoms with Gasteiger partial charge in [-0.15, -0.1) is 0 Å². The predicted molar refractivity (Wildman–Crippen MR) is 57.0 cm³/mol. The molecule has 15 heavy (non-hydrogen) atoms. The van der Waals surface area contributed by atoms with Gasteiger partial charge in [-0.2, -0.15) is 0 Å². The Balaban J connectivity index is 2.41. The number of nitrogens with zero attached hydrogens (tertiary/aromatic N) is 3. The molecule has 0 aliphatic rings. The van der Waals surface area contributed by atoms with Crippen molar-refractivity contribution in [3.05, 3.63) is 24.3 Å². The van der Waals surface area contributed by atoms with Crippen molar-refractivity contribution in [2.75, 3.05) is 14.1 Å². The average Bonchev–Trinajstić information content (AvgIpc) is 2.26. The van der Waals surface area contributed by atoms with E-state index >= 15 is 0 Å². The molecule has 1 unspecified atom stereocenters. The lowest BCUT2D eigenvalue weighted by Crippen LogP contribution is -2.41. The smallest absolute Gasteiger partial charge is 0.238 e. The van der Waals surface area contributed by atoms with Gasteiger partial charge in [-0.3, -0.25) is 14.8 Å². The molecule has 1 heterocycles. The van der Waals surface area contributed by atoms with Crippen LogP contribution in [0.25, 0.3) is 0 Å². The molecule has 0 spiro atoms. The van der Waals surface area contributed by atoms with Crippen LogP contribution in [0.1, 0.15) is 12.6 Å². The third kappa shape index (κ3) is 3.63. The summed E-state index contributed by atoms with van der Waals surface area (Å²) in [5.41, 5.74) is 0.830. The molecular formula is C10H16N4O. The summed E-state index contributed by atoms with van der Waals surface area (Å²) in [6.45, 7) is 2.38. The Morgan fingerprint density at radius 3 is 2.80 bits per heavy atom. The summed E-state index contributed by atoms with van der Waals surface area (Å²) in [5.74, 6) is 0.0545. The van der Waals surface area contributed by atoms with E-state index in [4.69, 9.17) is 0 Å². The van der Waals surface area contributed by atoms with Crippen LogP contribution in [-0.4, -0.2) is 40.9 Å². The summed E-state index contributed by atoms with van der Waals surface area (Å²) in [6, 6.07) is -0.206. The highest BCUT2D eigenvalue weighted by molar-refractivity contribution is 5.80. The Morgan fingerprint density at radius 2 is 2.27 bits per heavy atom. The number of amides is 1. The summed E-state index contributed by atoms with van der Waals surface area (Å²) in [6.07, 6.45) is 4.94. The molecule has 0 aliphatic carbocycles. The first-order valence-corrected chi connectivity index (χ1v) is 4.80. The van der Waals surface area contributed by atoms with Crippen LogP contribution in [0.4, 0.5) is 0 Å². The Hall–Kier alpha value is -1.49. The van der Waals surface area contributed by atoms with Gasteiger partial charge in [0.25, 0.3) is 0 Å². The van der Waals surface area contributed by atoms with Gasteiger partial charge in [-0.25, -0.2) is 0 Å². The van der Waals surface area contributed by atoms with E-state index in [1.165, 1.54) is 0 Å². The summed E-state index contributed by atoms with van der Waals surface area (Å²) in [5, 5.41) is 3.09. The summed E-state index contributed by atoms with van der Waals surface area (Å²) in [7, 11) is 3.48. The van der Waals surface area contributed by atoms with Crippen LogP contribution >= 0.6 is 0 Å². The van der Waals surface area contributed by atoms with Crippen molar-refractivity contribution in [3.8, 4) is 0 Å². The molecule has 1 rings (SSSR count). The third-order valence-corrected chi connectivity index (χ3v) is 2.02. The van der Waals surface area contributed by atoms with Gasteiger partial charge < -0.3 is 10.2 Å². The van der Waals surface area contributed by atoms with E-state index in [0.29, 0.717) is 6.54 Å². The Kier molecular flexibility index (Phi) is 4.17. The number of nitrogens with one attached hydrogen (secondary N) is 1. The molecule has 5 heteroatoms. The SMILES string of the molecule is CC(NCc1cnccn1)C(=O)N(C)C. The fourth-order valence-electron chi connectivity index (χ4n) is 1.15. The van der Waals surface area contributed by atoms with E-state index in [0.717, 1.165) is 5.69 Å². The van der Waals surface area contributed by atoms with Crippen LogP contribution in [0, 0.1) is 0 Å². The molecule has 1 aromatic heterocycles. The molecule has 0 fully saturated rings. The first-order valence-electron chi connectivity index (χ1n) is 4.80. The first-order chi connectivity index (χ1) is 7.11. The Bertz CT molecular complexity index is 312. The van der Waals surface area contributed by atoms with Crippen LogP contribution in [0.2, 0.25) is 0 Å². The van der Waals surface area contributed by atoms with Gasteiger partial charge in [-0.05, 0) is 6.92 Å². The number of carbonyl (C=O) groups excluding carboxylic acids is 1. The molecule has 0 saturated carbocycles. The lowest BCUT2D eigenvalue weighted by molar-refractivity contribution is -0.130. The quantitative estimate of drug-likeness (QED) is 0.759. The fourth-order valence-corrected chi connectivity index (χ4v) is 1.15. The van der Waals surface area contributed by atoms with Gasteiger partial charge in [0, 0.05) is 39.2 Å². The number of carbonyl (C=O) groups is 1. The van der Waals surface area contributed by atoms with Crippen molar-refractivity contribution < 1.29 is 4.79 Å². The lowest BCUT2D eigenvalue weighted by atomic mass is 10.3. The molecule has 0 radical (unpaired) electrons. The topological polar surface area (TPSA) is 58.1 Å². The van der Waals surface area contributed by atoms with Crippen molar-refractivity contribution in [2.45, 2.75) is 19.5 Å². The molecule has 0 bridgehead atoms. The molecule has 1 atom stereocenters. The van der Waals surface area contributed by atoms with E-state index in [1.54, 1.807) is 37.6 Å². The van der Waals surface area contributed by atoms with Crippen molar-refractivity contribution >= 4 is 5.91 Å². The molecule has 1 N–H and O–H groups in total. The number of hydrogen-bond acceptors (Lipinski definition) is 4. The molecule has 1 aromatic rings. The van der Waals surface area contributed by atoms with Gasteiger partial charge in [0.2, 0.25) is 5.91 Å². The highest BCUT2D eigenvalue weighted by Crippen LogP contribution is 1.93. The number of aromatic nitrogens is 2. The largest absolute Gasteiger partial charge is 0.347 e. The second-order valence-electron chi connectivity index (χ2n) is 3.53. The van der Waals surface area contributed by atoms with Crippen LogP contribution in [0.5, 0.6) is 0 Å². The molecule has 1 amide bonds. The van der Waals surface area contributed by atoms with Crippen LogP contribution in [0.3, 0.4) is 0 Å². The number of rotatable bonds is 4. The van der Waals surface area contributed by atoms with Crippen molar-refractivity contribution in [3.63, 3.8) is 0 Å². The van der Waals surface area contributed by atoms with E-state index in [9.17, 15) is 4.79 Å². The molecule has 5 nitrogen and oxygen atoms in total. The van der Waals surface area contributed by atoms with Crippen molar-refractivity contribution in [1.29, 1.82) is 0 Å². The standard InChI is InChI=1S/C10H16N4O/c1-8(10(15)14(2)3)13-7-9-6-11-4-5-12-9/h4-6,8,13H,7H2,1-3H3. The van der Waals surface area contributed by atoms with E-state index < -0.39 is 0 Å². The minimum absolute atomic E-state index is 0.0545. The fraction of sp³-hybridized carbons (Fsp3) is 0.500.